The van der Waals surface area contributed by atoms with Crippen molar-refractivity contribution in [3.05, 3.63) is 39.7 Å². The number of rotatable bonds is 4. The Morgan fingerprint density at radius 3 is 2.80 bits per heavy atom. The first-order valence-electron chi connectivity index (χ1n) is 7.12. The molecule has 2 rings (SSSR count). The summed E-state index contributed by atoms with van der Waals surface area (Å²) in [6.07, 6.45) is 4.10. The van der Waals surface area contributed by atoms with Crippen molar-refractivity contribution in [1.82, 2.24) is 0 Å². The minimum atomic E-state index is -0.801. The van der Waals surface area contributed by atoms with Crippen molar-refractivity contribution in [3.63, 3.8) is 0 Å². The Morgan fingerprint density at radius 1 is 1.45 bits per heavy atom. The van der Waals surface area contributed by atoms with E-state index < -0.39 is 16.4 Å². The fraction of sp³-hybridized carbons (Fsp3) is 0.600. The van der Waals surface area contributed by atoms with Gasteiger partial charge >= 0.3 is 5.69 Å². The van der Waals surface area contributed by atoms with Gasteiger partial charge in [-0.25, -0.2) is 0 Å². The van der Waals surface area contributed by atoms with Crippen molar-refractivity contribution in [2.45, 2.75) is 45.1 Å². The molecule has 4 nitrogen and oxygen atoms in total. The average Bonchev–Trinajstić information content (AvgIpc) is 2.41. The van der Waals surface area contributed by atoms with Crippen LogP contribution in [-0.4, -0.2) is 16.1 Å². The Balaban J connectivity index is 2.09. The predicted octanol–water partition coefficient (Wildman–Crippen LogP) is 3.46. The fourth-order valence-electron chi connectivity index (χ4n) is 3.06. The molecule has 0 radical (unpaired) electrons. The average molecular weight is 281 g/mol. The van der Waals surface area contributed by atoms with Crippen LogP contribution in [0.15, 0.2) is 18.2 Å². The van der Waals surface area contributed by atoms with E-state index in [4.69, 9.17) is 0 Å². The highest BCUT2D eigenvalue weighted by molar-refractivity contribution is 5.35. The highest BCUT2D eigenvalue weighted by Crippen LogP contribution is 2.33. The van der Waals surface area contributed by atoms with Crippen molar-refractivity contribution < 1.29 is 14.4 Å². The molecule has 3 unspecified atom stereocenters. The molecule has 0 aromatic heterocycles. The first-order valence-corrected chi connectivity index (χ1v) is 7.12. The smallest absolute Gasteiger partial charge is 0.304 e. The first-order chi connectivity index (χ1) is 9.51. The second kappa shape index (κ2) is 6.31. The number of nitrogens with zero attached hydrogens (tertiary/aromatic N) is 1. The second-order valence-corrected chi connectivity index (χ2v) is 5.66. The van der Waals surface area contributed by atoms with Gasteiger partial charge in [-0.2, -0.15) is 4.39 Å². The zero-order valence-electron chi connectivity index (χ0n) is 11.6. The van der Waals surface area contributed by atoms with Gasteiger partial charge in [-0.05, 0) is 49.1 Å². The van der Waals surface area contributed by atoms with Crippen molar-refractivity contribution in [1.29, 1.82) is 0 Å². The Labute approximate surface area is 117 Å². The maximum atomic E-state index is 13.6. The monoisotopic (exact) mass is 281 g/mol. The summed E-state index contributed by atoms with van der Waals surface area (Å²) in [6.45, 7) is 2.14. The van der Waals surface area contributed by atoms with Gasteiger partial charge < -0.3 is 5.11 Å². The van der Waals surface area contributed by atoms with Gasteiger partial charge in [0.15, 0.2) is 0 Å². The lowest BCUT2D eigenvalue weighted by atomic mass is 9.76. The number of hydrogen-bond acceptors (Lipinski definition) is 3. The zero-order valence-corrected chi connectivity index (χ0v) is 11.6. The highest BCUT2D eigenvalue weighted by Gasteiger charge is 2.28. The van der Waals surface area contributed by atoms with Crippen LogP contribution in [0.5, 0.6) is 0 Å². The van der Waals surface area contributed by atoms with Gasteiger partial charge in [0.05, 0.1) is 11.0 Å². The van der Waals surface area contributed by atoms with Crippen LogP contribution in [0, 0.1) is 27.8 Å². The van der Waals surface area contributed by atoms with Crippen LogP contribution in [0.1, 0.15) is 38.2 Å². The van der Waals surface area contributed by atoms with Crippen molar-refractivity contribution in [3.8, 4) is 0 Å². The summed E-state index contributed by atoms with van der Waals surface area (Å²) < 4.78 is 13.6. The van der Waals surface area contributed by atoms with Crippen LogP contribution in [-0.2, 0) is 6.42 Å². The van der Waals surface area contributed by atoms with Gasteiger partial charge in [0.2, 0.25) is 5.82 Å². The van der Waals surface area contributed by atoms with Crippen LogP contribution in [0.2, 0.25) is 0 Å². The molecule has 0 heterocycles. The number of benzene rings is 1. The number of nitro benzene ring substituents is 1. The van der Waals surface area contributed by atoms with E-state index in [2.05, 4.69) is 6.92 Å². The quantitative estimate of drug-likeness (QED) is 0.679. The van der Waals surface area contributed by atoms with Gasteiger partial charge in [0.25, 0.3) is 0 Å². The predicted molar refractivity (Wildman–Crippen MR) is 73.9 cm³/mol. The van der Waals surface area contributed by atoms with Gasteiger partial charge in [0, 0.05) is 6.07 Å². The molecular weight excluding hydrogens is 261 g/mol. The SMILES string of the molecule is CCC1CCC(O)C(Cc2ccc([N+](=O)[O-])c(F)c2)C1. The molecule has 0 spiro atoms. The lowest BCUT2D eigenvalue weighted by molar-refractivity contribution is -0.387. The number of aliphatic hydroxyl groups is 1. The molecule has 1 aromatic rings. The Kier molecular flexibility index (Phi) is 4.70. The third-order valence-corrected chi connectivity index (χ3v) is 4.33. The number of aliphatic hydroxyl groups excluding tert-OH is 1. The van der Waals surface area contributed by atoms with Crippen LogP contribution < -0.4 is 0 Å². The summed E-state index contributed by atoms with van der Waals surface area (Å²) in [4.78, 5) is 9.86. The van der Waals surface area contributed by atoms with E-state index in [-0.39, 0.29) is 12.0 Å². The summed E-state index contributed by atoms with van der Waals surface area (Å²) in [5.41, 5.74) is 0.221. The van der Waals surface area contributed by atoms with Crippen LogP contribution in [0.3, 0.4) is 0 Å². The van der Waals surface area contributed by atoms with Crippen LogP contribution in [0.4, 0.5) is 10.1 Å². The second-order valence-electron chi connectivity index (χ2n) is 5.66. The summed E-state index contributed by atoms with van der Waals surface area (Å²) in [5, 5.41) is 20.6. The van der Waals surface area contributed by atoms with E-state index in [1.807, 2.05) is 0 Å². The third-order valence-electron chi connectivity index (χ3n) is 4.33. The normalized spacial score (nSPS) is 26.4. The lowest BCUT2D eigenvalue weighted by Crippen LogP contribution is -2.30. The van der Waals surface area contributed by atoms with Crippen molar-refractivity contribution >= 4 is 5.69 Å². The Hall–Kier alpha value is -1.49. The first kappa shape index (κ1) is 14.9. The number of nitro groups is 1. The fourth-order valence-corrected chi connectivity index (χ4v) is 3.06. The van der Waals surface area contributed by atoms with E-state index in [9.17, 15) is 19.6 Å². The molecular formula is C15H20FNO3. The molecule has 5 heteroatoms. The molecule has 1 aromatic carbocycles. The largest absolute Gasteiger partial charge is 0.393 e. The minimum absolute atomic E-state index is 0.120. The number of hydrogen-bond donors (Lipinski definition) is 1. The summed E-state index contributed by atoms with van der Waals surface area (Å²) >= 11 is 0. The van der Waals surface area contributed by atoms with Crippen LogP contribution >= 0.6 is 0 Å². The third kappa shape index (κ3) is 3.33. The molecule has 0 aliphatic heterocycles. The molecule has 1 saturated carbocycles. The molecule has 1 N–H and O–H groups in total. The molecule has 20 heavy (non-hydrogen) atoms. The molecule has 0 bridgehead atoms. The molecule has 0 amide bonds. The summed E-state index contributed by atoms with van der Waals surface area (Å²) in [5.74, 6) is -0.0642. The van der Waals surface area contributed by atoms with E-state index in [1.165, 1.54) is 12.1 Å². The minimum Gasteiger partial charge on any atom is -0.393 e. The highest BCUT2D eigenvalue weighted by atomic mass is 19.1. The molecule has 110 valence electrons. The van der Waals surface area contributed by atoms with E-state index in [1.54, 1.807) is 6.07 Å². The van der Waals surface area contributed by atoms with Crippen molar-refractivity contribution in [2.24, 2.45) is 11.8 Å². The zero-order chi connectivity index (χ0) is 14.7. The van der Waals surface area contributed by atoms with E-state index >= 15 is 0 Å². The summed E-state index contributed by atoms with van der Waals surface area (Å²) in [6, 6.07) is 4.01. The topological polar surface area (TPSA) is 63.4 Å². The molecule has 1 aliphatic rings. The van der Waals surface area contributed by atoms with Crippen molar-refractivity contribution in [2.75, 3.05) is 0 Å². The van der Waals surface area contributed by atoms with Gasteiger partial charge in [-0.15, -0.1) is 0 Å². The Bertz CT molecular complexity index is 492. The van der Waals surface area contributed by atoms with Gasteiger partial charge in [-0.3, -0.25) is 10.1 Å². The van der Waals surface area contributed by atoms with Crippen LogP contribution in [0.25, 0.3) is 0 Å². The maximum Gasteiger partial charge on any atom is 0.304 e. The molecule has 1 aliphatic carbocycles. The Morgan fingerprint density at radius 2 is 2.20 bits per heavy atom. The summed E-state index contributed by atoms with van der Waals surface area (Å²) in [7, 11) is 0. The van der Waals surface area contributed by atoms with E-state index in [0.29, 0.717) is 17.9 Å². The maximum absolute atomic E-state index is 13.6. The van der Waals surface area contributed by atoms with Gasteiger partial charge in [-0.1, -0.05) is 19.4 Å². The van der Waals surface area contributed by atoms with Gasteiger partial charge in [0.1, 0.15) is 0 Å². The lowest BCUT2D eigenvalue weighted by Gasteiger charge is -2.33. The molecule has 1 fully saturated rings. The number of halogens is 1. The standard InChI is InChI=1S/C15H20FNO3/c1-2-10-4-6-15(18)12(7-10)8-11-3-5-14(17(19)20)13(16)9-11/h3,5,9-10,12,15,18H,2,4,6-8H2,1H3. The van der Waals surface area contributed by atoms with E-state index in [0.717, 1.165) is 25.7 Å². The molecule has 3 atom stereocenters. The molecule has 0 saturated heterocycles.